The van der Waals surface area contributed by atoms with Crippen LogP contribution >= 0.6 is 0 Å². The predicted octanol–water partition coefficient (Wildman–Crippen LogP) is 2.01. The highest BCUT2D eigenvalue weighted by molar-refractivity contribution is 5.77. The largest absolute Gasteiger partial charge is 0.484 e. The van der Waals surface area contributed by atoms with E-state index in [2.05, 4.69) is 12.2 Å². The summed E-state index contributed by atoms with van der Waals surface area (Å²) in [5.41, 5.74) is 6.20. The molecule has 0 aliphatic heterocycles. The molecule has 0 saturated carbocycles. The van der Waals surface area contributed by atoms with Crippen LogP contribution in [0.3, 0.4) is 0 Å². The molecule has 0 aromatic heterocycles. The quantitative estimate of drug-likeness (QED) is 0.766. The van der Waals surface area contributed by atoms with Gasteiger partial charge in [0.1, 0.15) is 11.6 Å². The number of hydrogen-bond acceptors (Lipinski definition) is 3. The van der Waals surface area contributed by atoms with E-state index >= 15 is 0 Å². The van der Waals surface area contributed by atoms with Crippen molar-refractivity contribution in [3.05, 3.63) is 29.6 Å². The molecule has 0 spiro atoms. The summed E-state index contributed by atoms with van der Waals surface area (Å²) in [4.78, 5) is 11.6. The van der Waals surface area contributed by atoms with Gasteiger partial charge in [0, 0.05) is 12.1 Å². The third kappa shape index (κ3) is 6.02. The lowest BCUT2D eigenvalue weighted by Crippen LogP contribution is -2.35. The Balaban J connectivity index is 2.50. The number of carbonyl (C=O) groups is 1. The number of nitrogens with two attached hydrogens (primary N) is 1. The van der Waals surface area contributed by atoms with E-state index in [1.807, 2.05) is 6.92 Å². The number of halogens is 1. The molecule has 0 heterocycles. The fourth-order valence-corrected chi connectivity index (χ4v) is 1.99. The summed E-state index contributed by atoms with van der Waals surface area (Å²) in [7, 11) is 0. The molecule has 1 amide bonds. The van der Waals surface area contributed by atoms with Crippen LogP contribution in [0.4, 0.5) is 4.39 Å². The van der Waals surface area contributed by atoms with Crippen LogP contribution in [0.25, 0.3) is 0 Å². The van der Waals surface area contributed by atoms with Gasteiger partial charge in [0.2, 0.25) is 0 Å². The second-order valence-electron chi connectivity index (χ2n) is 4.88. The van der Waals surface area contributed by atoms with E-state index in [4.69, 9.17) is 10.5 Å². The number of hydrogen-bond donors (Lipinski definition) is 2. The lowest BCUT2D eigenvalue weighted by molar-refractivity contribution is -0.123. The van der Waals surface area contributed by atoms with Crippen LogP contribution in [0, 0.1) is 5.82 Å². The van der Waals surface area contributed by atoms with E-state index in [1.165, 1.54) is 12.1 Å². The second kappa shape index (κ2) is 8.53. The molecule has 0 aliphatic rings. The molecule has 1 atom stereocenters. The van der Waals surface area contributed by atoms with Gasteiger partial charge in [0.15, 0.2) is 6.61 Å². The highest BCUT2D eigenvalue weighted by Crippen LogP contribution is 2.16. The van der Waals surface area contributed by atoms with Gasteiger partial charge in [0.05, 0.1) is 0 Å². The Bertz CT molecular complexity index is 438. The molecule has 5 heteroatoms. The maximum absolute atomic E-state index is 13.4. The molecule has 0 saturated heterocycles. The molecule has 3 N–H and O–H groups in total. The Kier molecular flexibility index (Phi) is 7.01. The van der Waals surface area contributed by atoms with Crippen LogP contribution in [0.5, 0.6) is 5.75 Å². The molecule has 1 unspecified atom stereocenters. The third-order valence-electron chi connectivity index (χ3n) is 2.86. The van der Waals surface area contributed by atoms with Crippen molar-refractivity contribution in [2.75, 3.05) is 13.2 Å². The maximum atomic E-state index is 13.4. The zero-order valence-corrected chi connectivity index (χ0v) is 12.1. The van der Waals surface area contributed by atoms with E-state index in [0.29, 0.717) is 18.7 Å². The summed E-state index contributed by atoms with van der Waals surface area (Å²) in [6.07, 6.45) is 2.51. The Morgan fingerprint density at radius 2 is 2.20 bits per heavy atom. The van der Waals surface area contributed by atoms with Gasteiger partial charge in [0.25, 0.3) is 5.91 Å². The minimum atomic E-state index is -0.384. The van der Waals surface area contributed by atoms with E-state index in [0.717, 1.165) is 18.4 Å². The molecule has 1 aromatic rings. The molecule has 1 aromatic carbocycles. The van der Waals surface area contributed by atoms with Crippen molar-refractivity contribution >= 4 is 5.91 Å². The summed E-state index contributed by atoms with van der Waals surface area (Å²) < 4.78 is 18.7. The normalized spacial score (nSPS) is 12.0. The molecule has 1 rings (SSSR count). The highest BCUT2D eigenvalue weighted by atomic mass is 19.1. The summed E-state index contributed by atoms with van der Waals surface area (Å²) in [6, 6.07) is 4.52. The van der Waals surface area contributed by atoms with Gasteiger partial charge in [-0.25, -0.2) is 4.39 Å². The van der Waals surface area contributed by atoms with Gasteiger partial charge in [-0.1, -0.05) is 13.3 Å². The first-order valence-electron chi connectivity index (χ1n) is 6.96. The second-order valence-corrected chi connectivity index (χ2v) is 4.88. The van der Waals surface area contributed by atoms with Crippen molar-refractivity contribution in [2.45, 2.75) is 39.2 Å². The fourth-order valence-electron chi connectivity index (χ4n) is 1.99. The minimum absolute atomic E-state index is 0.112. The van der Waals surface area contributed by atoms with Gasteiger partial charge in [-0.3, -0.25) is 4.79 Å². The predicted molar refractivity (Wildman–Crippen MR) is 77.2 cm³/mol. The fraction of sp³-hybridized carbons (Fsp3) is 0.533. The number of nitrogens with one attached hydrogen (secondary N) is 1. The first kappa shape index (κ1) is 16.4. The molecule has 0 fully saturated rings. The smallest absolute Gasteiger partial charge is 0.258 e. The van der Waals surface area contributed by atoms with Crippen molar-refractivity contribution in [3.8, 4) is 5.75 Å². The van der Waals surface area contributed by atoms with E-state index in [9.17, 15) is 9.18 Å². The van der Waals surface area contributed by atoms with Crippen molar-refractivity contribution < 1.29 is 13.9 Å². The number of benzene rings is 1. The van der Waals surface area contributed by atoms with Gasteiger partial charge in [-0.15, -0.1) is 0 Å². The summed E-state index contributed by atoms with van der Waals surface area (Å²) in [5.74, 6) is -0.229. The number of amides is 1. The number of ether oxygens (including phenoxy) is 1. The Morgan fingerprint density at radius 1 is 1.45 bits per heavy atom. The Hall–Kier alpha value is -1.62. The molecular weight excluding hydrogens is 259 g/mol. The molecule has 0 radical (unpaired) electrons. The first-order valence-corrected chi connectivity index (χ1v) is 6.96. The lowest BCUT2D eigenvalue weighted by atomic mass is 10.1. The van der Waals surface area contributed by atoms with Crippen LogP contribution in [0.15, 0.2) is 18.2 Å². The molecule has 20 heavy (non-hydrogen) atoms. The SMILES string of the molecule is CCCC(C)NC(=O)COc1cc(F)cc(CCN)c1. The number of rotatable bonds is 8. The monoisotopic (exact) mass is 282 g/mol. The first-order chi connectivity index (χ1) is 9.55. The van der Waals surface area contributed by atoms with Gasteiger partial charge in [-0.2, -0.15) is 0 Å². The van der Waals surface area contributed by atoms with Crippen molar-refractivity contribution in [1.29, 1.82) is 0 Å². The van der Waals surface area contributed by atoms with Gasteiger partial charge >= 0.3 is 0 Å². The van der Waals surface area contributed by atoms with Gasteiger partial charge < -0.3 is 15.8 Å². The summed E-state index contributed by atoms with van der Waals surface area (Å²) in [5, 5.41) is 2.83. The zero-order chi connectivity index (χ0) is 15.0. The third-order valence-corrected chi connectivity index (χ3v) is 2.86. The van der Waals surface area contributed by atoms with Crippen LogP contribution in [-0.4, -0.2) is 25.1 Å². The summed E-state index contributed by atoms with van der Waals surface area (Å²) in [6.45, 7) is 4.34. The Labute approximate surface area is 119 Å². The summed E-state index contributed by atoms with van der Waals surface area (Å²) >= 11 is 0. The zero-order valence-electron chi connectivity index (χ0n) is 12.1. The van der Waals surface area contributed by atoms with Crippen LogP contribution in [0.1, 0.15) is 32.3 Å². The van der Waals surface area contributed by atoms with E-state index in [1.54, 1.807) is 6.07 Å². The molecule has 0 bridgehead atoms. The van der Waals surface area contributed by atoms with E-state index < -0.39 is 0 Å². The molecule has 0 aliphatic carbocycles. The Morgan fingerprint density at radius 3 is 2.85 bits per heavy atom. The minimum Gasteiger partial charge on any atom is -0.484 e. The topological polar surface area (TPSA) is 64.3 Å². The van der Waals surface area contributed by atoms with Crippen LogP contribution in [0.2, 0.25) is 0 Å². The molecular formula is C15H23FN2O2. The van der Waals surface area contributed by atoms with Crippen molar-refractivity contribution in [2.24, 2.45) is 5.73 Å². The van der Waals surface area contributed by atoms with Crippen LogP contribution in [-0.2, 0) is 11.2 Å². The van der Waals surface area contributed by atoms with Crippen molar-refractivity contribution in [1.82, 2.24) is 5.32 Å². The van der Waals surface area contributed by atoms with E-state index in [-0.39, 0.29) is 24.4 Å². The average molecular weight is 282 g/mol. The van der Waals surface area contributed by atoms with Crippen molar-refractivity contribution in [3.63, 3.8) is 0 Å². The van der Waals surface area contributed by atoms with Crippen LogP contribution < -0.4 is 15.8 Å². The average Bonchev–Trinajstić information content (AvgIpc) is 2.36. The molecule has 4 nitrogen and oxygen atoms in total. The highest BCUT2D eigenvalue weighted by Gasteiger charge is 2.08. The number of carbonyl (C=O) groups excluding carboxylic acids is 1. The maximum Gasteiger partial charge on any atom is 0.258 e. The molecule has 112 valence electrons. The van der Waals surface area contributed by atoms with Gasteiger partial charge in [-0.05, 0) is 44.0 Å². The standard InChI is InChI=1S/C15H23FN2O2/c1-3-4-11(2)18-15(19)10-20-14-8-12(5-6-17)7-13(16)9-14/h7-9,11H,3-6,10,17H2,1-2H3,(H,18,19). The lowest BCUT2D eigenvalue weighted by Gasteiger charge is -2.13.